The maximum Gasteiger partial charge on any atom is 0.226 e. The van der Waals surface area contributed by atoms with E-state index in [1.807, 2.05) is 0 Å². The number of rotatable bonds is 4. The minimum absolute atomic E-state index is 0.0697. The average Bonchev–Trinajstić information content (AvgIpc) is 2.96. The van der Waals surface area contributed by atoms with Crippen molar-refractivity contribution in [1.82, 2.24) is 25.0 Å². The smallest absolute Gasteiger partial charge is 0.226 e. The molecule has 0 aromatic carbocycles. The van der Waals surface area contributed by atoms with E-state index in [0.29, 0.717) is 5.95 Å². The number of hydrazone groups is 1. The summed E-state index contributed by atoms with van der Waals surface area (Å²) < 4.78 is 0. The van der Waals surface area contributed by atoms with Crippen molar-refractivity contribution in [2.24, 2.45) is 21.8 Å². The number of hydrogen-bond acceptors (Lipinski definition) is 8. The Bertz CT molecular complexity index is 1240. The maximum absolute atomic E-state index is 7.18. The summed E-state index contributed by atoms with van der Waals surface area (Å²) in [4.78, 5) is 15.4. The van der Waals surface area contributed by atoms with Gasteiger partial charge in [0.05, 0.1) is 11.1 Å². The zero-order valence-corrected chi connectivity index (χ0v) is 29.8. The predicted octanol–water partition coefficient (Wildman–Crippen LogP) is 7.78. The lowest BCUT2D eigenvalue weighted by molar-refractivity contribution is -0.151. The molecule has 3 unspecified atom stereocenters. The second kappa shape index (κ2) is 10.1. The molecule has 3 atom stereocenters. The normalized spacial score (nSPS) is 32.5. The highest BCUT2D eigenvalue weighted by Crippen LogP contribution is 2.67. The summed E-state index contributed by atoms with van der Waals surface area (Å²) in [6, 6.07) is 0. The second-order valence-electron chi connectivity index (χ2n) is 18.6. The van der Waals surface area contributed by atoms with Crippen LogP contribution in [-0.2, 0) is 0 Å². The Hall–Kier alpha value is -1.80. The van der Waals surface area contributed by atoms with E-state index < -0.39 is 0 Å². The van der Waals surface area contributed by atoms with Crippen molar-refractivity contribution in [2.45, 2.75) is 187 Å². The van der Waals surface area contributed by atoms with Crippen molar-refractivity contribution in [3.63, 3.8) is 0 Å². The topological polar surface area (TPSA) is 95.6 Å². The third-order valence-corrected chi connectivity index (χ3v) is 11.7. The van der Waals surface area contributed by atoms with E-state index in [9.17, 15) is 0 Å². The summed E-state index contributed by atoms with van der Waals surface area (Å²) in [6.45, 7) is 30.1. The fourth-order valence-corrected chi connectivity index (χ4v) is 10.1. The third-order valence-electron chi connectivity index (χ3n) is 11.7. The molecule has 0 amide bonds. The largest absolute Gasteiger partial charge is 0.349 e. The summed E-state index contributed by atoms with van der Waals surface area (Å²) in [5.74, 6) is 10.0. The molecule has 1 aromatic heterocycles. The van der Waals surface area contributed by atoms with E-state index in [1.165, 1.54) is 25.0 Å². The quantitative estimate of drug-likeness (QED) is 0.344. The number of aromatic nitrogens is 3. The second-order valence-corrected chi connectivity index (χ2v) is 18.6. The first-order valence-corrected chi connectivity index (χ1v) is 17.0. The number of nitrogens with two attached hydrogens (primary N) is 1. The summed E-state index contributed by atoms with van der Waals surface area (Å²) >= 11 is 0. The van der Waals surface area contributed by atoms with Gasteiger partial charge in [-0.3, -0.25) is 10.9 Å². The number of fused-ring (bicyclic) bond motifs is 6. The predicted molar refractivity (Wildman–Crippen MR) is 178 cm³/mol. The number of anilines is 1. The van der Waals surface area contributed by atoms with Gasteiger partial charge in [-0.25, -0.2) is 9.99 Å². The van der Waals surface area contributed by atoms with Crippen LogP contribution in [0.4, 0.5) is 5.95 Å². The first-order chi connectivity index (χ1) is 19.5. The standard InChI is InChI=1S/C35H62N8/c1-29(2,3)22-30(4,5)40-28-38-26-24-25(27(37-26)39-28)35(34(12,13)42(36)33(24,10)11)20-14-16-23(17-21-35)41-43-31(6,7)18-15-19-32(43,8)9/h24-25H,14-22,36H2,1-13H3,(H,37,38,39,40). The number of nitrogens with one attached hydrogen (secondary N) is 1. The van der Waals surface area contributed by atoms with Gasteiger partial charge < -0.3 is 5.32 Å². The van der Waals surface area contributed by atoms with Crippen LogP contribution in [0.15, 0.2) is 5.10 Å². The van der Waals surface area contributed by atoms with E-state index >= 15 is 0 Å². The molecule has 3 aliphatic heterocycles. The maximum atomic E-state index is 7.18. The number of piperidine rings is 2. The molecule has 3 N–H and O–H groups in total. The zero-order valence-electron chi connectivity index (χ0n) is 29.8. The Labute approximate surface area is 262 Å². The summed E-state index contributed by atoms with van der Waals surface area (Å²) in [6.07, 6.45) is 9.88. The lowest BCUT2D eigenvalue weighted by Crippen LogP contribution is -2.73. The molecule has 242 valence electrons. The highest BCUT2D eigenvalue weighted by atomic mass is 15.5. The van der Waals surface area contributed by atoms with E-state index in [-0.39, 0.29) is 50.4 Å². The van der Waals surface area contributed by atoms with Gasteiger partial charge in [0.15, 0.2) is 0 Å². The highest BCUT2D eigenvalue weighted by Gasteiger charge is 2.68. The minimum Gasteiger partial charge on any atom is -0.349 e. The Morgan fingerprint density at radius 1 is 0.791 bits per heavy atom. The summed E-state index contributed by atoms with van der Waals surface area (Å²) in [5, 5.41) is 13.8. The van der Waals surface area contributed by atoms with Gasteiger partial charge in [0.2, 0.25) is 5.95 Å². The molecule has 5 rings (SSSR count). The number of hydrazine groups is 1. The van der Waals surface area contributed by atoms with Crippen molar-refractivity contribution in [3.05, 3.63) is 11.6 Å². The van der Waals surface area contributed by atoms with Crippen LogP contribution in [0, 0.1) is 10.8 Å². The molecule has 4 aliphatic rings. The van der Waals surface area contributed by atoms with Crippen molar-refractivity contribution in [3.8, 4) is 0 Å². The SMILES string of the molecule is CC(C)(C)CC(C)(C)Nc1nc2nc(n1)C1C2C(C)(C)N(N)C(C)(C)C12CCCC(=NN1C(C)(C)CCCC1(C)C)CC2. The van der Waals surface area contributed by atoms with Gasteiger partial charge in [-0.1, -0.05) is 20.8 Å². The molecule has 1 aliphatic carbocycles. The minimum atomic E-state index is -0.319. The van der Waals surface area contributed by atoms with Crippen molar-refractivity contribution in [1.29, 1.82) is 0 Å². The molecule has 1 saturated carbocycles. The zero-order chi connectivity index (χ0) is 32.0. The molecular weight excluding hydrogens is 532 g/mol. The van der Waals surface area contributed by atoms with Crippen LogP contribution in [-0.4, -0.2) is 58.4 Å². The Morgan fingerprint density at radius 2 is 1.37 bits per heavy atom. The van der Waals surface area contributed by atoms with Crippen LogP contribution >= 0.6 is 0 Å². The fraction of sp³-hybridized carbons (Fsp3) is 0.886. The van der Waals surface area contributed by atoms with Crippen molar-refractivity contribution >= 4 is 11.7 Å². The molecule has 4 heterocycles. The van der Waals surface area contributed by atoms with E-state index in [2.05, 4.69) is 105 Å². The van der Waals surface area contributed by atoms with Gasteiger partial charge in [-0.2, -0.15) is 15.1 Å². The first kappa shape index (κ1) is 32.6. The number of hydrogen-bond donors (Lipinski definition) is 2. The van der Waals surface area contributed by atoms with Gasteiger partial charge in [0.1, 0.15) is 11.6 Å². The highest BCUT2D eigenvalue weighted by molar-refractivity contribution is 5.84. The summed E-state index contributed by atoms with van der Waals surface area (Å²) in [5.41, 5.74) is 0.864. The molecule has 1 spiro atoms. The van der Waals surface area contributed by atoms with Crippen LogP contribution in [0.2, 0.25) is 0 Å². The van der Waals surface area contributed by atoms with Gasteiger partial charge in [-0.05, 0) is 132 Å². The van der Waals surface area contributed by atoms with Crippen LogP contribution in [0.5, 0.6) is 0 Å². The molecule has 1 aromatic rings. The van der Waals surface area contributed by atoms with Gasteiger partial charge in [0, 0.05) is 39.6 Å². The Kier molecular flexibility index (Phi) is 7.66. The molecule has 43 heavy (non-hydrogen) atoms. The average molecular weight is 595 g/mol. The van der Waals surface area contributed by atoms with E-state index in [4.69, 9.17) is 25.9 Å². The Balaban J connectivity index is 1.53. The van der Waals surface area contributed by atoms with E-state index in [1.54, 1.807) is 0 Å². The van der Waals surface area contributed by atoms with E-state index in [0.717, 1.165) is 50.2 Å². The van der Waals surface area contributed by atoms with Crippen LogP contribution in [0.1, 0.15) is 171 Å². The summed E-state index contributed by atoms with van der Waals surface area (Å²) in [7, 11) is 0. The monoisotopic (exact) mass is 595 g/mol. The molecular formula is C35H62N8. The fourth-order valence-electron chi connectivity index (χ4n) is 10.1. The van der Waals surface area contributed by atoms with Crippen LogP contribution < -0.4 is 11.2 Å². The lowest BCUT2D eigenvalue weighted by atomic mass is 9.50. The van der Waals surface area contributed by atoms with Gasteiger partial charge in [-0.15, -0.1) is 0 Å². The molecule has 3 fully saturated rings. The van der Waals surface area contributed by atoms with Gasteiger partial charge >= 0.3 is 0 Å². The van der Waals surface area contributed by atoms with Gasteiger partial charge in [0.25, 0.3) is 0 Å². The molecule has 8 heteroatoms. The van der Waals surface area contributed by atoms with Crippen LogP contribution in [0.3, 0.4) is 0 Å². The van der Waals surface area contributed by atoms with Crippen molar-refractivity contribution < 1.29 is 0 Å². The lowest BCUT2D eigenvalue weighted by Gasteiger charge is -2.65. The molecule has 2 bridgehead atoms. The Morgan fingerprint density at radius 3 is 1.95 bits per heavy atom. The third kappa shape index (κ3) is 5.51. The van der Waals surface area contributed by atoms with Crippen LogP contribution in [0.25, 0.3) is 0 Å². The number of nitrogens with zero attached hydrogens (tertiary/aromatic N) is 6. The molecule has 2 saturated heterocycles. The molecule has 0 radical (unpaired) electrons. The van der Waals surface area contributed by atoms with Crippen molar-refractivity contribution in [2.75, 3.05) is 5.32 Å². The molecule has 8 nitrogen and oxygen atoms in total. The first-order valence-electron chi connectivity index (χ1n) is 17.0.